The van der Waals surface area contributed by atoms with Crippen LogP contribution in [-0.2, 0) is 29.1 Å². The SMILES string of the molecule is CCNC(=O)CN=C(NCC)NC1CCc2nc(COC)nn2C1. The minimum absolute atomic E-state index is 0.0823. The number of rotatable bonds is 7. The molecule has 1 atom stereocenters. The number of nitrogens with one attached hydrogen (secondary N) is 3. The summed E-state index contributed by atoms with van der Waals surface area (Å²) in [4.78, 5) is 20.4. The van der Waals surface area contributed by atoms with Crippen LogP contribution >= 0.6 is 0 Å². The molecule has 1 unspecified atom stereocenters. The van der Waals surface area contributed by atoms with Crippen LogP contribution in [0.5, 0.6) is 0 Å². The highest BCUT2D eigenvalue weighted by Gasteiger charge is 2.22. The summed E-state index contributed by atoms with van der Waals surface area (Å²) in [6, 6.07) is 0.196. The maximum absolute atomic E-state index is 11.6. The van der Waals surface area contributed by atoms with Crippen LogP contribution in [0.1, 0.15) is 31.9 Å². The monoisotopic (exact) mass is 337 g/mol. The Kier molecular flexibility index (Phi) is 6.98. The first-order valence-corrected chi connectivity index (χ1v) is 8.39. The van der Waals surface area contributed by atoms with Crippen molar-refractivity contribution in [2.45, 2.75) is 45.9 Å². The van der Waals surface area contributed by atoms with Crippen LogP contribution in [0.25, 0.3) is 0 Å². The van der Waals surface area contributed by atoms with Gasteiger partial charge in [0.25, 0.3) is 0 Å². The lowest BCUT2D eigenvalue weighted by Gasteiger charge is -2.25. The molecule has 2 rings (SSSR count). The number of amides is 1. The predicted molar refractivity (Wildman–Crippen MR) is 90.6 cm³/mol. The second-order valence-electron chi connectivity index (χ2n) is 5.59. The van der Waals surface area contributed by atoms with E-state index in [4.69, 9.17) is 4.74 Å². The van der Waals surface area contributed by atoms with Gasteiger partial charge in [0.2, 0.25) is 5.91 Å². The Morgan fingerprint density at radius 2 is 2.17 bits per heavy atom. The lowest BCUT2D eigenvalue weighted by atomic mass is 10.1. The van der Waals surface area contributed by atoms with Crippen molar-refractivity contribution in [2.75, 3.05) is 26.7 Å². The number of nitrogens with zero attached hydrogens (tertiary/aromatic N) is 4. The van der Waals surface area contributed by atoms with E-state index in [1.54, 1.807) is 7.11 Å². The summed E-state index contributed by atoms with van der Waals surface area (Å²) in [5, 5.41) is 13.7. The van der Waals surface area contributed by atoms with Crippen molar-refractivity contribution < 1.29 is 9.53 Å². The Morgan fingerprint density at radius 3 is 2.88 bits per heavy atom. The van der Waals surface area contributed by atoms with E-state index in [2.05, 4.69) is 31.0 Å². The first kappa shape index (κ1) is 18.2. The zero-order chi connectivity index (χ0) is 17.4. The molecule has 9 nitrogen and oxygen atoms in total. The number of carbonyl (C=O) groups excluding carboxylic acids is 1. The number of hydrogen-bond donors (Lipinski definition) is 3. The lowest BCUT2D eigenvalue weighted by molar-refractivity contribution is -0.119. The van der Waals surface area contributed by atoms with Gasteiger partial charge in [0.05, 0.1) is 6.54 Å². The lowest BCUT2D eigenvalue weighted by Crippen LogP contribution is -2.47. The van der Waals surface area contributed by atoms with Crippen molar-refractivity contribution in [3.05, 3.63) is 11.6 Å². The Hall–Kier alpha value is -2.16. The number of carbonyl (C=O) groups is 1. The number of aliphatic imine (C=N–C) groups is 1. The third kappa shape index (κ3) is 5.19. The first-order valence-electron chi connectivity index (χ1n) is 8.39. The van der Waals surface area contributed by atoms with Gasteiger partial charge in [0.15, 0.2) is 11.8 Å². The third-order valence-electron chi connectivity index (χ3n) is 3.62. The van der Waals surface area contributed by atoms with Crippen LogP contribution in [-0.4, -0.2) is 59.4 Å². The molecule has 1 aromatic rings. The zero-order valence-electron chi connectivity index (χ0n) is 14.6. The molecule has 2 heterocycles. The van der Waals surface area contributed by atoms with E-state index in [-0.39, 0.29) is 18.5 Å². The number of likely N-dealkylation sites (N-methyl/N-ethyl adjacent to an activating group) is 1. The van der Waals surface area contributed by atoms with Gasteiger partial charge in [-0.3, -0.25) is 4.79 Å². The van der Waals surface area contributed by atoms with Crippen LogP contribution in [0.15, 0.2) is 4.99 Å². The smallest absolute Gasteiger partial charge is 0.241 e. The van der Waals surface area contributed by atoms with Crippen molar-refractivity contribution in [1.29, 1.82) is 0 Å². The molecule has 24 heavy (non-hydrogen) atoms. The second kappa shape index (κ2) is 9.21. The van der Waals surface area contributed by atoms with Crippen molar-refractivity contribution in [2.24, 2.45) is 4.99 Å². The Bertz CT molecular complexity index is 570. The van der Waals surface area contributed by atoms with E-state index < -0.39 is 0 Å². The summed E-state index contributed by atoms with van der Waals surface area (Å²) in [6.07, 6.45) is 1.79. The van der Waals surface area contributed by atoms with Crippen molar-refractivity contribution in [3.8, 4) is 0 Å². The van der Waals surface area contributed by atoms with Gasteiger partial charge in [0.1, 0.15) is 19.0 Å². The van der Waals surface area contributed by atoms with Gasteiger partial charge in [-0.2, -0.15) is 5.10 Å². The molecule has 9 heteroatoms. The quantitative estimate of drug-likeness (QED) is 0.455. The maximum Gasteiger partial charge on any atom is 0.241 e. The molecule has 3 N–H and O–H groups in total. The average molecular weight is 337 g/mol. The topological polar surface area (TPSA) is 105 Å². The van der Waals surface area contributed by atoms with Crippen LogP contribution in [0.2, 0.25) is 0 Å². The number of aromatic nitrogens is 3. The fourth-order valence-corrected chi connectivity index (χ4v) is 2.59. The number of methoxy groups -OCH3 is 1. The summed E-state index contributed by atoms with van der Waals surface area (Å²) in [5.74, 6) is 2.27. The summed E-state index contributed by atoms with van der Waals surface area (Å²) in [6.45, 7) is 6.49. The molecule has 0 bridgehead atoms. The molecular weight excluding hydrogens is 310 g/mol. The molecule has 0 aliphatic carbocycles. The summed E-state index contributed by atoms with van der Waals surface area (Å²) in [5.41, 5.74) is 0. The third-order valence-corrected chi connectivity index (χ3v) is 3.62. The van der Waals surface area contributed by atoms with E-state index in [1.165, 1.54) is 0 Å². The highest BCUT2D eigenvalue weighted by Crippen LogP contribution is 2.13. The Labute approximate surface area is 142 Å². The first-order chi connectivity index (χ1) is 11.7. The minimum atomic E-state index is -0.0823. The fourth-order valence-electron chi connectivity index (χ4n) is 2.59. The number of fused-ring (bicyclic) bond motifs is 1. The molecular formula is C15H27N7O2. The summed E-state index contributed by atoms with van der Waals surface area (Å²) < 4.78 is 7.00. The summed E-state index contributed by atoms with van der Waals surface area (Å²) >= 11 is 0. The zero-order valence-corrected chi connectivity index (χ0v) is 14.6. The van der Waals surface area contributed by atoms with Gasteiger partial charge in [0, 0.05) is 32.7 Å². The Morgan fingerprint density at radius 1 is 1.38 bits per heavy atom. The molecule has 1 amide bonds. The molecule has 0 spiro atoms. The molecule has 1 aliphatic heterocycles. The van der Waals surface area contributed by atoms with Crippen LogP contribution in [0, 0.1) is 0 Å². The van der Waals surface area contributed by atoms with Gasteiger partial charge in [-0.25, -0.2) is 14.7 Å². The number of ether oxygens (including phenoxy) is 1. The molecule has 0 aromatic carbocycles. The second-order valence-corrected chi connectivity index (χ2v) is 5.59. The van der Waals surface area contributed by atoms with Crippen molar-refractivity contribution >= 4 is 11.9 Å². The number of hydrogen-bond acceptors (Lipinski definition) is 5. The standard InChI is InChI=1S/C15H27N7O2/c1-4-16-14(23)8-18-15(17-5-2)19-11-6-7-13-20-12(10-24-3)21-22(13)9-11/h11H,4-10H2,1-3H3,(H,16,23)(H2,17,18,19). The van der Waals surface area contributed by atoms with E-state index >= 15 is 0 Å². The molecule has 134 valence electrons. The maximum atomic E-state index is 11.6. The summed E-state index contributed by atoms with van der Waals surface area (Å²) in [7, 11) is 1.64. The Balaban J connectivity index is 1.94. The van der Waals surface area contributed by atoms with E-state index in [0.717, 1.165) is 31.8 Å². The van der Waals surface area contributed by atoms with Gasteiger partial charge >= 0.3 is 0 Å². The van der Waals surface area contributed by atoms with E-state index in [0.29, 0.717) is 24.9 Å². The molecule has 1 aromatic heterocycles. The van der Waals surface area contributed by atoms with E-state index in [9.17, 15) is 4.79 Å². The van der Waals surface area contributed by atoms with Crippen LogP contribution in [0.3, 0.4) is 0 Å². The van der Waals surface area contributed by atoms with Crippen molar-refractivity contribution in [3.63, 3.8) is 0 Å². The normalized spacial score (nSPS) is 17.3. The van der Waals surface area contributed by atoms with Gasteiger partial charge in [-0.1, -0.05) is 0 Å². The van der Waals surface area contributed by atoms with Crippen molar-refractivity contribution in [1.82, 2.24) is 30.7 Å². The van der Waals surface area contributed by atoms with Crippen LogP contribution < -0.4 is 16.0 Å². The highest BCUT2D eigenvalue weighted by molar-refractivity contribution is 5.85. The molecule has 1 aliphatic rings. The van der Waals surface area contributed by atoms with Gasteiger partial charge in [-0.15, -0.1) is 0 Å². The molecule has 0 saturated carbocycles. The highest BCUT2D eigenvalue weighted by atomic mass is 16.5. The largest absolute Gasteiger partial charge is 0.377 e. The number of aryl methyl sites for hydroxylation is 1. The van der Waals surface area contributed by atoms with Gasteiger partial charge < -0.3 is 20.7 Å². The van der Waals surface area contributed by atoms with E-state index in [1.807, 2.05) is 18.5 Å². The molecule has 0 saturated heterocycles. The average Bonchev–Trinajstić information content (AvgIpc) is 2.95. The van der Waals surface area contributed by atoms with Crippen LogP contribution in [0.4, 0.5) is 0 Å². The molecule has 0 radical (unpaired) electrons. The predicted octanol–water partition coefficient (Wildman–Crippen LogP) is -0.569. The molecule has 0 fully saturated rings. The minimum Gasteiger partial charge on any atom is -0.377 e. The van der Waals surface area contributed by atoms with Gasteiger partial charge in [-0.05, 0) is 20.3 Å². The number of guanidine groups is 1. The fraction of sp³-hybridized carbons (Fsp3) is 0.733.